The van der Waals surface area contributed by atoms with Crippen molar-refractivity contribution in [2.24, 2.45) is 5.92 Å². The lowest BCUT2D eigenvalue weighted by Gasteiger charge is -2.22. The van der Waals surface area contributed by atoms with E-state index < -0.39 is 81.0 Å². The van der Waals surface area contributed by atoms with Gasteiger partial charge < -0.3 is 25.2 Å². The highest BCUT2D eigenvalue weighted by molar-refractivity contribution is 5.97. The number of aromatic nitrogens is 2. The van der Waals surface area contributed by atoms with Gasteiger partial charge in [0.1, 0.15) is 17.1 Å². The summed E-state index contributed by atoms with van der Waals surface area (Å²) in [5.74, 6) is -6.37. The van der Waals surface area contributed by atoms with Gasteiger partial charge in [-0.3, -0.25) is 14.2 Å². The lowest BCUT2D eigenvalue weighted by atomic mass is 10.0. The molecule has 204 valence electrons. The summed E-state index contributed by atoms with van der Waals surface area (Å²) >= 11 is 0. The molecule has 3 atom stereocenters. The highest BCUT2D eigenvalue weighted by Crippen LogP contribution is 2.28. The summed E-state index contributed by atoms with van der Waals surface area (Å²) < 4.78 is 64.4. The molecule has 13 heteroatoms. The molecule has 0 spiro atoms. The van der Waals surface area contributed by atoms with Crippen LogP contribution in [0, 0.1) is 29.2 Å². The second-order valence-corrected chi connectivity index (χ2v) is 9.44. The van der Waals surface area contributed by atoms with E-state index in [4.69, 9.17) is 4.74 Å². The molecular weight excluding hydrogens is 512 g/mol. The third-order valence-corrected chi connectivity index (χ3v) is 6.41. The Morgan fingerprint density at radius 2 is 1.71 bits per heavy atom. The van der Waals surface area contributed by atoms with Crippen molar-refractivity contribution in [1.29, 1.82) is 0 Å². The quantitative estimate of drug-likeness (QED) is 0.394. The van der Waals surface area contributed by atoms with Crippen LogP contribution >= 0.6 is 0 Å². The predicted molar refractivity (Wildman–Crippen MR) is 129 cm³/mol. The summed E-state index contributed by atoms with van der Waals surface area (Å²) in [6, 6.07) is 1.06. The van der Waals surface area contributed by atoms with Crippen LogP contribution in [-0.2, 0) is 4.74 Å². The van der Waals surface area contributed by atoms with Gasteiger partial charge in [0.2, 0.25) is 5.43 Å². The summed E-state index contributed by atoms with van der Waals surface area (Å²) in [6.07, 6.45) is -1.55. The fraction of sp³-hybridized carbons (Fsp3) is 0.400. The minimum Gasteiger partial charge on any atom is -0.389 e. The largest absolute Gasteiger partial charge is 0.389 e. The SMILES string of the molecule is COC[C@@H](NC(=O)c1cn(-c2c(F)cc(F)cc2F)c2nc(N3C[C@@H](O)[C@H](O)C3)c(F)cc2c1=O)C(C)C. The Balaban J connectivity index is 1.97. The number of halogens is 4. The average molecular weight is 538 g/mol. The molecule has 0 radical (unpaired) electrons. The first kappa shape index (κ1) is 27.5. The number of nitrogens with one attached hydrogen (secondary N) is 1. The lowest BCUT2D eigenvalue weighted by molar-refractivity contribution is 0.0572. The number of benzene rings is 1. The van der Waals surface area contributed by atoms with Gasteiger partial charge in [0, 0.05) is 38.5 Å². The Labute approximate surface area is 214 Å². The number of carbonyl (C=O) groups excluding carboxylic acids is 1. The minimum absolute atomic E-state index is 0.110. The number of ether oxygens (including phenoxy) is 1. The standard InChI is InChI=1S/C25H26F4N4O5/c1-11(2)18(10-38-3)30-25(37)14-7-33(21-15(27)4-12(26)5-16(21)28)23-13(22(14)36)6-17(29)24(31-23)32-8-19(34)20(35)9-32/h4-7,11,18-20,34-35H,8-10H2,1-3H3,(H,30,37)/t18-,19-,20-/m1/s1. The van der Waals surface area contributed by atoms with E-state index in [-0.39, 0.29) is 25.6 Å². The molecule has 38 heavy (non-hydrogen) atoms. The van der Waals surface area contributed by atoms with Gasteiger partial charge in [-0.2, -0.15) is 0 Å². The van der Waals surface area contributed by atoms with Gasteiger partial charge in [0.05, 0.1) is 30.2 Å². The Hall–Kier alpha value is -3.55. The van der Waals surface area contributed by atoms with Crippen LogP contribution in [0.25, 0.3) is 16.7 Å². The van der Waals surface area contributed by atoms with Crippen LogP contribution < -0.4 is 15.6 Å². The highest BCUT2D eigenvalue weighted by Gasteiger charge is 2.33. The van der Waals surface area contributed by atoms with Gasteiger partial charge >= 0.3 is 0 Å². The predicted octanol–water partition coefficient (Wildman–Crippen LogP) is 1.88. The number of fused-ring (bicyclic) bond motifs is 1. The average Bonchev–Trinajstić information content (AvgIpc) is 3.17. The van der Waals surface area contributed by atoms with E-state index in [9.17, 15) is 33.0 Å². The Kier molecular flexibility index (Phi) is 7.72. The smallest absolute Gasteiger partial charge is 0.257 e. The molecule has 1 fully saturated rings. The van der Waals surface area contributed by atoms with E-state index in [0.717, 1.165) is 16.8 Å². The minimum atomic E-state index is -1.36. The molecule has 1 aromatic carbocycles. The highest BCUT2D eigenvalue weighted by atomic mass is 19.1. The molecule has 2 aromatic heterocycles. The molecule has 1 aliphatic heterocycles. The summed E-state index contributed by atoms with van der Waals surface area (Å²) in [6.45, 7) is 3.32. The third-order valence-electron chi connectivity index (χ3n) is 6.41. The van der Waals surface area contributed by atoms with Crippen molar-refractivity contribution < 1.29 is 37.3 Å². The first-order valence-electron chi connectivity index (χ1n) is 11.7. The number of hydrogen-bond donors (Lipinski definition) is 3. The number of methoxy groups -OCH3 is 1. The molecular formula is C25H26F4N4O5. The normalized spacial score (nSPS) is 18.4. The van der Waals surface area contributed by atoms with Gasteiger partial charge in [-0.1, -0.05) is 13.8 Å². The van der Waals surface area contributed by atoms with Crippen molar-refractivity contribution in [3.05, 3.63) is 63.5 Å². The molecule has 3 aromatic rings. The second kappa shape index (κ2) is 10.7. The van der Waals surface area contributed by atoms with Gasteiger partial charge in [-0.05, 0) is 12.0 Å². The zero-order valence-electron chi connectivity index (χ0n) is 20.7. The van der Waals surface area contributed by atoms with Gasteiger partial charge in [-0.25, -0.2) is 22.5 Å². The molecule has 0 saturated carbocycles. The van der Waals surface area contributed by atoms with E-state index in [2.05, 4.69) is 10.3 Å². The maximum atomic E-state index is 15.2. The van der Waals surface area contributed by atoms with E-state index in [1.807, 2.05) is 0 Å². The Morgan fingerprint density at radius 3 is 2.26 bits per heavy atom. The van der Waals surface area contributed by atoms with E-state index in [0.29, 0.717) is 12.1 Å². The van der Waals surface area contributed by atoms with Crippen molar-refractivity contribution >= 4 is 22.8 Å². The number of amides is 1. The molecule has 1 aliphatic rings. The Bertz CT molecular complexity index is 1410. The van der Waals surface area contributed by atoms with Crippen LogP contribution in [0.4, 0.5) is 23.4 Å². The number of β-amino-alcohol motifs (C(OH)–C–C–N with tert-alkyl or cyclic N) is 2. The zero-order chi connectivity index (χ0) is 27.9. The van der Waals surface area contributed by atoms with Crippen molar-refractivity contribution in [1.82, 2.24) is 14.9 Å². The second-order valence-electron chi connectivity index (χ2n) is 9.44. The number of aliphatic hydroxyl groups is 2. The number of anilines is 1. The molecule has 1 saturated heterocycles. The number of carbonyl (C=O) groups is 1. The van der Waals surface area contributed by atoms with Crippen LogP contribution in [0.15, 0.2) is 29.2 Å². The third kappa shape index (κ3) is 5.08. The fourth-order valence-corrected chi connectivity index (χ4v) is 4.30. The Morgan fingerprint density at radius 1 is 1.11 bits per heavy atom. The molecule has 4 rings (SSSR count). The van der Waals surface area contributed by atoms with Gasteiger partial charge in [-0.15, -0.1) is 0 Å². The van der Waals surface area contributed by atoms with Crippen molar-refractivity contribution in [3.63, 3.8) is 0 Å². The maximum absolute atomic E-state index is 15.2. The number of aliphatic hydroxyl groups excluding tert-OH is 2. The molecule has 0 bridgehead atoms. The molecule has 0 aliphatic carbocycles. The summed E-state index contributed by atoms with van der Waals surface area (Å²) in [5, 5.41) is 21.9. The summed E-state index contributed by atoms with van der Waals surface area (Å²) in [4.78, 5) is 31.8. The summed E-state index contributed by atoms with van der Waals surface area (Å²) in [5.41, 5.74) is -2.81. The zero-order valence-corrected chi connectivity index (χ0v) is 20.7. The molecule has 9 nitrogen and oxygen atoms in total. The van der Waals surface area contributed by atoms with Crippen molar-refractivity contribution in [2.75, 3.05) is 31.7 Å². The van der Waals surface area contributed by atoms with Crippen molar-refractivity contribution in [2.45, 2.75) is 32.1 Å². The number of hydrogen-bond acceptors (Lipinski definition) is 7. The van der Waals surface area contributed by atoms with Crippen LogP contribution in [0.5, 0.6) is 0 Å². The van der Waals surface area contributed by atoms with Gasteiger partial charge in [0.25, 0.3) is 5.91 Å². The fourth-order valence-electron chi connectivity index (χ4n) is 4.30. The molecule has 0 unspecified atom stereocenters. The van der Waals surface area contributed by atoms with E-state index in [1.165, 1.54) is 12.0 Å². The first-order chi connectivity index (χ1) is 17.9. The number of nitrogens with zero attached hydrogens (tertiary/aromatic N) is 3. The maximum Gasteiger partial charge on any atom is 0.257 e. The molecule has 3 heterocycles. The number of pyridine rings is 2. The van der Waals surface area contributed by atoms with Crippen LogP contribution in [0.2, 0.25) is 0 Å². The summed E-state index contributed by atoms with van der Waals surface area (Å²) in [7, 11) is 1.43. The van der Waals surface area contributed by atoms with Crippen LogP contribution in [-0.4, -0.2) is 70.7 Å². The molecule has 3 N–H and O–H groups in total. The lowest BCUT2D eigenvalue weighted by Crippen LogP contribution is -2.43. The number of rotatable bonds is 7. The van der Waals surface area contributed by atoms with E-state index in [1.54, 1.807) is 13.8 Å². The van der Waals surface area contributed by atoms with Crippen LogP contribution in [0.1, 0.15) is 24.2 Å². The van der Waals surface area contributed by atoms with E-state index >= 15 is 4.39 Å². The molecule has 1 amide bonds. The van der Waals surface area contributed by atoms with Crippen LogP contribution in [0.3, 0.4) is 0 Å². The van der Waals surface area contributed by atoms with Crippen molar-refractivity contribution in [3.8, 4) is 5.69 Å². The van der Waals surface area contributed by atoms with Gasteiger partial charge in [0.15, 0.2) is 28.9 Å². The first-order valence-corrected chi connectivity index (χ1v) is 11.7. The topological polar surface area (TPSA) is 117 Å². The monoisotopic (exact) mass is 538 g/mol.